The van der Waals surface area contributed by atoms with E-state index in [0.717, 1.165) is 22.3 Å². The maximum absolute atomic E-state index is 12.9. The smallest absolute Gasteiger partial charge is 0.407 e. The minimum Gasteiger partial charge on any atom is -0.480 e. The summed E-state index contributed by atoms with van der Waals surface area (Å²) in [6, 6.07) is 15.0. The molecule has 0 spiro atoms. The molecule has 8 heteroatoms. The first-order valence-electron chi connectivity index (χ1n) is 11.5. The fourth-order valence-electron chi connectivity index (χ4n) is 4.44. The van der Waals surface area contributed by atoms with Crippen molar-refractivity contribution in [3.05, 3.63) is 59.7 Å². The molecule has 1 atom stereocenters. The van der Waals surface area contributed by atoms with Gasteiger partial charge >= 0.3 is 12.1 Å². The van der Waals surface area contributed by atoms with Gasteiger partial charge in [0.15, 0.2) is 6.04 Å². The van der Waals surface area contributed by atoms with Crippen LogP contribution in [0.25, 0.3) is 11.1 Å². The van der Waals surface area contributed by atoms with Gasteiger partial charge < -0.3 is 25.2 Å². The standard InChI is InChI=1S/C26H32N2O6/c1-4-26(5-2,24(31)28-22(15-33-3)23(29)30)16-27-25(32)34-14-21-19-12-8-6-10-17(19)18-11-7-9-13-20(18)21/h6-13,21-22H,4-5,14-16H2,1-3H3,(H,27,32)(H,28,31)(H,29,30). The van der Waals surface area contributed by atoms with E-state index >= 15 is 0 Å². The number of rotatable bonds is 11. The van der Waals surface area contributed by atoms with Crippen molar-refractivity contribution < 1.29 is 29.0 Å². The van der Waals surface area contributed by atoms with Gasteiger partial charge in [-0.3, -0.25) is 4.79 Å². The first kappa shape index (κ1) is 25.2. The highest BCUT2D eigenvalue weighted by molar-refractivity contribution is 5.88. The Morgan fingerprint density at radius 1 is 1.00 bits per heavy atom. The number of carbonyl (C=O) groups is 3. The molecule has 0 bridgehead atoms. The molecule has 0 saturated heterocycles. The number of fused-ring (bicyclic) bond motifs is 3. The van der Waals surface area contributed by atoms with Crippen LogP contribution in [0.1, 0.15) is 43.7 Å². The number of nitrogens with one attached hydrogen (secondary N) is 2. The van der Waals surface area contributed by atoms with Crippen LogP contribution in [-0.2, 0) is 19.1 Å². The van der Waals surface area contributed by atoms with Crippen molar-refractivity contribution in [1.82, 2.24) is 10.6 Å². The van der Waals surface area contributed by atoms with E-state index in [4.69, 9.17) is 9.47 Å². The number of aliphatic carboxylic acids is 1. The van der Waals surface area contributed by atoms with Gasteiger partial charge in [0.05, 0.1) is 12.0 Å². The largest absolute Gasteiger partial charge is 0.480 e. The van der Waals surface area contributed by atoms with Crippen LogP contribution in [0.2, 0.25) is 0 Å². The molecule has 2 aromatic rings. The van der Waals surface area contributed by atoms with E-state index in [1.807, 2.05) is 50.2 Å². The molecule has 1 aliphatic rings. The highest BCUT2D eigenvalue weighted by atomic mass is 16.5. The summed E-state index contributed by atoms with van der Waals surface area (Å²) < 4.78 is 10.5. The molecule has 1 unspecified atom stereocenters. The Kier molecular flexibility index (Phi) is 8.28. The molecule has 0 saturated carbocycles. The number of ether oxygens (including phenoxy) is 2. The topological polar surface area (TPSA) is 114 Å². The van der Waals surface area contributed by atoms with Crippen LogP contribution in [-0.4, -0.2) is 56.0 Å². The summed E-state index contributed by atoms with van der Waals surface area (Å²) in [6.07, 6.45) is 0.212. The average molecular weight is 469 g/mol. The molecule has 0 fully saturated rings. The quantitative estimate of drug-likeness (QED) is 0.465. The lowest BCUT2D eigenvalue weighted by atomic mass is 9.81. The predicted octanol–water partition coefficient (Wildman–Crippen LogP) is 3.55. The van der Waals surface area contributed by atoms with E-state index in [0.29, 0.717) is 12.8 Å². The molecule has 0 radical (unpaired) electrons. The summed E-state index contributed by atoms with van der Waals surface area (Å²) in [6.45, 7) is 3.71. The molecular formula is C26H32N2O6. The third-order valence-corrected chi connectivity index (χ3v) is 6.69. The fourth-order valence-corrected chi connectivity index (χ4v) is 4.44. The van der Waals surface area contributed by atoms with Gasteiger partial charge in [0.1, 0.15) is 6.61 Å². The lowest BCUT2D eigenvalue weighted by Crippen LogP contribution is -2.53. The van der Waals surface area contributed by atoms with Gasteiger partial charge in [-0.1, -0.05) is 62.4 Å². The first-order valence-corrected chi connectivity index (χ1v) is 11.5. The zero-order valence-corrected chi connectivity index (χ0v) is 19.8. The minimum atomic E-state index is -1.18. The van der Waals surface area contributed by atoms with E-state index in [1.54, 1.807) is 0 Å². The van der Waals surface area contributed by atoms with Gasteiger partial charge in [-0.15, -0.1) is 0 Å². The van der Waals surface area contributed by atoms with Gasteiger partial charge in [-0.25, -0.2) is 9.59 Å². The summed E-state index contributed by atoms with van der Waals surface area (Å²) in [5.74, 6) is -1.68. The molecule has 2 aromatic carbocycles. The lowest BCUT2D eigenvalue weighted by Gasteiger charge is -2.31. The molecule has 34 heavy (non-hydrogen) atoms. The maximum atomic E-state index is 12.9. The number of methoxy groups -OCH3 is 1. The number of carboxylic acids is 1. The number of carboxylic acid groups (broad SMARTS) is 1. The lowest BCUT2D eigenvalue weighted by molar-refractivity contribution is -0.145. The number of benzene rings is 2. The number of alkyl carbamates (subject to hydrolysis) is 1. The van der Waals surface area contributed by atoms with Crippen molar-refractivity contribution in [2.45, 2.75) is 38.6 Å². The molecule has 182 valence electrons. The molecule has 3 rings (SSSR count). The highest BCUT2D eigenvalue weighted by Gasteiger charge is 2.38. The van der Waals surface area contributed by atoms with E-state index in [-0.39, 0.29) is 25.7 Å². The number of hydrogen-bond acceptors (Lipinski definition) is 5. The van der Waals surface area contributed by atoms with Gasteiger partial charge in [0.2, 0.25) is 5.91 Å². The Labute approximate surface area is 199 Å². The third-order valence-electron chi connectivity index (χ3n) is 6.69. The van der Waals surface area contributed by atoms with Gasteiger partial charge in [0, 0.05) is 19.6 Å². The van der Waals surface area contributed by atoms with Crippen LogP contribution in [0.15, 0.2) is 48.5 Å². The third kappa shape index (κ3) is 5.22. The van der Waals surface area contributed by atoms with Crippen molar-refractivity contribution in [2.75, 3.05) is 26.9 Å². The van der Waals surface area contributed by atoms with Crippen LogP contribution in [0.4, 0.5) is 4.79 Å². The Bertz CT molecular complexity index is 988. The zero-order valence-electron chi connectivity index (χ0n) is 19.8. The minimum absolute atomic E-state index is 0.0296. The maximum Gasteiger partial charge on any atom is 0.407 e. The Morgan fingerprint density at radius 2 is 1.56 bits per heavy atom. The Hall–Kier alpha value is -3.39. The second kappa shape index (κ2) is 11.2. The van der Waals surface area contributed by atoms with Crippen molar-refractivity contribution in [3.63, 3.8) is 0 Å². The van der Waals surface area contributed by atoms with E-state index in [9.17, 15) is 19.5 Å². The molecular weight excluding hydrogens is 436 g/mol. The molecule has 0 heterocycles. The van der Waals surface area contributed by atoms with Gasteiger partial charge in [-0.2, -0.15) is 0 Å². The van der Waals surface area contributed by atoms with Crippen LogP contribution in [0.3, 0.4) is 0 Å². The molecule has 0 aliphatic heterocycles. The van der Waals surface area contributed by atoms with E-state index in [1.165, 1.54) is 7.11 Å². The number of amides is 2. The van der Waals surface area contributed by atoms with Crippen molar-refractivity contribution in [1.29, 1.82) is 0 Å². The van der Waals surface area contributed by atoms with Gasteiger partial charge in [-0.05, 0) is 35.1 Å². The summed E-state index contributed by atoms with van der Waals surface area (Å²) in [5.41, 5.74) is 3.55. The monoisotopic (exact) mass is 468 g/mol. The van der Waals surface area contributed by atoms with Crippen molar-refractivity contribution in [2.24, 2.45) is 5.41 Å². The number of carbonyl (C=O) groups excluding carboxylic acids is 2. The van der Waals surface area contributed by atoms with Crippen molar-refractivity contribution >= 4 is 18.0 Å². The van der Waals surface area contributed by atoms with Crippen molar-refractivity contribution in [3.8, 4) is 11.1 Å². The van der Waals surface area contributed by atoms with Crippen LogP contribution in [0.5, 0.6) is 0 Å². The average Bonchev–Trinajstić information content (AvgIpc) is 3.17. The highest BCUT2D eigenvalue weighted by Crippen LogP contribution is 2.44. The van der Waals surface area contributed by atoms with Gasteiger partial charge in [0.25, 0.3) is 0 Å². The normalized spacial score (nSPS) is 13.5. The summed E-state index contributed by atoms with van der Waals surface area (Å²) in [4.78, 5) is 36.9. The number of hydrogen-bond donors (Lipinski definition) is 3. The van der Waals surface area contributed by atoms with Crippen LogP contribution >= 0.6 is 0 Å². The molecule has 1 aliphatic carbocycles. The van der Waals surface area contributed by atoms with Crippen LogP contribution in [0, 0.1) is 5.41 Å². The first-order chi connectivity index (χ1) is 16.4. The zero-order chi connectivity index (χ0) is 24.7. The predicted molar refractivity (Wildman–Crippen MR) is 128 cm³/mol. The van der Waals surface area contributed by atoms with E-state index < -0.39 is 29.4 Å². The Morgan fingerprint density at radius 3 is 2.06 bits per heavy atom. The Balaban J connectivity index is 1.63. The van der Waals surface area contributed by atoms with Crippen LogP contribution < -0.4 is 10.6 Å². The summed E-state index contributed by atoms with van der Waals surface area (Å²) in [7, 11) is 1.37. The SMILES string of the molecule is CCC(CC)(CNC(=O)OCC1c2ccccc2-c2ccccc21)C(=O)NC(COC)C(=O)O. The summed E-state index contributed by atoms with van der Waals surface area (Å²) in [5, 5.41) is 14.6. The van der Waals surface area contributed by atoms with E-state index in [2.05, 4.69) is 22.8 Å². The molecule has 8 nitrogen and oxygen atoms in total. The summed E-state index contributed by atoms with van der Waals surface area (Å²) >= 11 is 0. The molecule has 2 amide bonds. The fraction of sp³-hybridized carbons (Fsp3) is 0.423. The second-order valence-corrected chi connectivity index (χ2v) is 8.49. The second-order valence-electron chi connectivity index (χ2n) is 8.49. The molecule has 3 N–H and O–H groups in total. The molecule has 0 aromatic heterocycles.